The number of hydroxylamine groups is 2. The Morgan fingerprint density at radius 1 is 1.04 bits per heavy atom. The second-order valence-corrected chi connectivity index (χ2v) is 9.84. The molecule has 0 spiro atoms. The monoisotopic (exact) mass is 411 g/mol. The van der Waals surface area contributed by atoms with E-state index in [1.807, 2.05) is 6.07 Å². The van der Waals surface area contributed by atoms with Gasteiger partial charge in [-0.05, 0) is 53.2 Å². The lowest BCUT2D eigenvalue weighted by atomic mass is 9.98. The predicted molar refractivity (Wildman–Crippen MR) is 102 cm³/mol. The van der Waals surface area contributed by atoms with E-state index in [-0.39, 0.29) is 35.6 Å². The van der Waals surface area contributed by atoms with Crippen LogP contribution in [0.3, 0.4) is 0 Å². The van der Waals surface area contributed by atoms with Gasteiger partial charge in [0.2, 0.25) is 0 Å². The third kappa shape index (κ3) is 4.64. The van der Waals surface area contributed by atoms with Crippen LogP contribution in [-0.4, -0.2) is 41.1 Å². The molecule has 0 aliphatic carbocycles. The van der Waals surface area contributed by atoms with Crippen LogP contribution < -0.4 is 0 Å². The minimum absolute atomic E-state index is 0.00622. The number of hydrogen-bond acceptors (Lipinski definition) is 4. The first-order valence-corrected chi connectivity index (χ1v) is 9.86. The molecule has 4 atom stereocenters. The van der Waals surface area contributed by atoms with E-state index in [1.54, 1.807) is 0 Å². The third-order valence-corrected chi connectivity index (χ3v) is 5.16. The van der Waals surface area contributed by atoms with Crippen LogP contribution in [0.4, 0.5) is 0 Å². The molecule has 2 saturated heterocycles. The highest BCUT2D eigenvalue weighted by molar-refractivity contribution is 9.10. The standard InChI is InChI=1S/C20H30BrNO3/c1-19(2,3)23-17-12-22-15(18(17)24-20(4,5)6)11-16(25-22)13-9-7-8-10-14(13)21/h7-10,15-18H,11-12H2,1-6H3/t15-,16-,17-,18-/m0/s1. The van der Waals surface area contributed by atoms with Crippen molar-refractivity contribution in [2.24, 2.45) is 0 Å². The number of halogens is 1. The van der Waals surface area contributed by atoms with Crippen molar-refractivity contribution in [3.05, 3.63) is 34.3 Å². The molecule has 0 bridgehead atoms. The first kappa shape index (κ1) is 19.3. The fourth-order valence-corrected chi connectivity index (χ4v) is 4.21. The molecule has 1 aromatic carbocycles. The summed E-state index contributed by atoms with van der Waals surface area (Å²) in [5, 5.41) is 2.08. The summed E-state index contributed by atoms with van der Waals surface area (Å²) in [5.41, 5.74) is 0.775. The Bertz CT molecular complexity index is 608. The average Bonchev–Trinajstić information content (AvgIpc) is 2.96. The summed E-state index contributed by atoms with van der Waals surface area (Å²) < 4.78 is 13.8. The van der Waals surface area contributed by atoms with Crippen molar-refractivity contribution in [3.8, 4) is 0 Å². The molecule has 0 saturated carbocycles. The van der Waals surface area contributed by atoms with E-state index in [2.05, 4.69) is 80.7 Å². The van der Waals surface area contributed by atoms with Crippen molar-refractivity contribution >= 4 is 15.9 Å². The van der Waals surface area contributed by atoms with E-state index in [1.165, 1.54) is 5.56 Å². The van der Waals surface area contributed by atoms with Crippen molar-refractivity contribution < 1.29 is 14.3 Å². The van der Waals surface area contributed by atoms with E-state index < -0.39 is 0 Å². The Balaban J connectivity index is 1.79. The molecule has 3 rings (SSSR count). The van der Waals surface area contributed by atoms with E-state index in [4.69, 9.17) is 14.3 Å². The minimum Gasteiger partial charge on any atom is -0.368 e. The van der Waals surface area contributed by atoms with Gasteiger partial charge in [-0.2, -0.15) is 5.06 Å². The topological polar surface area (TPSA) is 30.9 Å². The number of nitrogens with zero attached hydrogens (tertiary/aromatic N) is 1. The van der Waals surface area contributed by atoms with Crippen molar-refractivity contribution in [3.63, 3.8) is 0 Å². The smallest absolute Gasteiger partial charge is 0.107 e. The SMILES string of the molecule is CC(C)(C)O[C@@H]1[C@@H](OC(C)(C)C)CN2O[C@H](c3ccccc3Br)C[C@@H]12. The number of benzene rings is 1. The van der Waals surface area contributed by atoms with Crippen LogP contribution in [0, 0.1) is 0 Å². The van der Waals surface area contributed by atoms with Gasteiger partial charge in [-0.1, -0.05) is 34.1 Å². The summed E-state index contributed by atoms with van der Waals surface area (Å²) in [4.78, 5) is 6.29. The molecule has 0 unspecified atom stereocenters. The van der Waals surface area contributed by atoms with Crippen LogP contribution in [-0.2, 0) is 14.3 Å². The van der Waals surface area contributed by atoms with Gasteiger partial charge in [-0.3, -0.25) is 4.84 Å². The van der Waals surface area contributed by atoms with Crippen LogP contribution in [0.1, 0.15) is 59.6 Å². The molecule has 0 aromatic heterocycles. The minimum atomic E-state index is -0.217. The maximum absolute atomic E-state index is 6.43. The van der Waals surface area contributed by atoms with Gasteiger partial charge in [0.15, 0.2) is 0 Å². The molecule has 140 valence electrons. The second kappa shape index (κ2) is 6.93. The number of ether oxygens (including phenoxy) is 2. The zero-order valence-corrected chi connectivity index (χ0v) is 17.7. The van der Waals surface area contributed by atoms with Crippen molar-refractivity contribution in [1.82, 2.24) is 5.06 Å². The maximum Gasteiger partial charge on any atom is 0.107 e. The molecular weight excluding hydrogens is 382 g/mol. The Morgan fingerprint density at radius 3 is 2.28 bits per heavy atom. The van der Waals surface area contributed by atoms with E-state index in [0.717, 1.165) is 17.4 Å². The fourth-order valence-electron chi connectivity index (χ4n) is 3.67. The number of rotatable bonds is 3. The van der Waals surface area contributed by atoms with Gasteiger partial charge in [0.05, 0.1) is 23.8 Å². The normalized spacial score (nSPS) is 30.7. The summed E-state index contributed by atoms with van der Waals surface area (Å²) in [6.07, 6.45) is 0.992. The molecule has 0 radical (unpaired) electrons. The first-order chi connectivity index (χ1) is 11.5. The maximum atomic E-state index is 6.43. The van der Waals surface area contributed by atoms with Crippen LogP contribution >= 0.6 is 15.9 Å². The molecule has 4 nitrogen and oxygen atoms in total. The van der Waals surface area contributed by atoms with E-state index in [9.17, 15) is 0 Å². The van der Waals surface area contributed by atoms with Gasteiger partial charge in [-0.15, -0.1) is 0 Å². The fraction of sp³-hybridized carbons (Fsp3) is 0.700. The van der Waals surface area contributed by atoms with Crippen LogP contribution in [0.5, 0.6) is 0 Å². The second-order valence-electron chi connectivity index (χ2n) is 8.98. The summed E-state index contributed by atoms with van der Waals surface area (Å²) in [6, 6.07) is 8.49. The molecule has 2 aliphatic rings. The van der Waals surface area contributed by atoms with Gasteiger partial charge in [0.1, 0.15) is 18.3 Å². The van der Waals surface area contributed by atoms with Gasteiger partial charge in [0.25, 0.3) is 0 Å². The van der Waals surface area contributed by atoms with Gasteiger partial charge in [0, 0.05) is 10.9 Å². The predicted octanol–water partition coefficient (Wildman–Crippen LogP) is 4.88. The molecule has 1 aromatic rings. The molecule has 5 heteroatoms. The van der Waals surface area contributed by atoms with Crippen molar-refractivity contribution in [1.29, 1.82) is 0 Å². The molecule has 0 amide bonds. The molecule has 0 N–H and O–H groups in total. The Morgan fingerprint density at radius 2 is 1.68 bits per heavy atom. The molecule has 2 aliphatic heterocycles. The molecule has 2 fully saturated rings. The zero-order valence-electron chi connectivity index (χ0n) is 16.1. The van der Waals surface area contributed by atoms with Gasteiger partial charge in [-0.25, -0.2) is 0 Å². The zero-order chi connectivity index (χ0) is 18.4. The van der Waals surface area contributed by atoms with Gasteiger partial charge >= 0.3 is 0 Å². The summed E-state index contributed by atoms with van der Waals surface area (Å²) in [6.45, 7) is 13.3. The largest absolute Gasteiger partial charge is 0.368 e. The Kier molecular flexibility index (Phi) is 5.35. The Labute approximate surface area is 159 Å². The lowest BCUT2D eigenvalue weighted by Gasteiger charge is -2.34. The lowest BCUT2D eigenvalue weighted by molar-refractivity contribution is -0.162. The van der Waals surface area contributed by atoms with Crippen molar-refractivity contribution in [2.75, 3.05) is 6.54 Å². The lowest BCUT2D eigenvalue weighted by Crippen LogP contribution is -2.43. The third-order valence-electron chi connectivity index (χ3n) is 4.44. The molecule has 25 heavy (non-hydrogen) atoms. The Hall–Kier alpha value is -0.460. The summed E-state index contributed by atoms with van der Waals surface area (Å²) in [7, 11) is 0. The highest BCUT2D eigenvalue weighted by atomic mass is 79.9. The highest BCUT2D eigenvalue weighted by Crippen LogP contribution is 2.43. The van der Waals surface area contributed by atoms with E-state index >= 15 is 0 Å². The molecule has 2 heterocycles. The molecular formula is C20H30BrNO3. The van der Waals surface area contributed by atoms with Crippen LogP contribution in [0.2, 0.25) is 0 Å². The number of hydrogen-bond donors (Lipinski definition) is 0. The highest BCUT2D eigenvalue weighted by Gasteiger charge is 2.52. The quantitative estimate of drug-likeness (QED) is 0.708. The van der Waals surface area contributed by atoms with Crippen LogP contribution in [0.25, 0.3) is 0 Å². The number of fused-ring (bicyclic) bond motifs is 1. The van der Waals surface area contributed by atoms with Gasteiger partial charge < -0.3 is 9.47 Å². The first-order valence-electron chi connectivity index (χ1n) is 9.07. The van der Waals surface area contributed by atoms with Crippen LogP contribution in [0.15, 0.2) is 28.7 Å². The average molecular weight is 412 g/mol. The van der Waals surface area contributed by atoms with Crippen molar-refractivity contribution in [2.45, 2.75) is 83.5 Å². The summed E-state index contributed by atoms with van der Waals surface area (Å²) >= 11 is 3.65. The van der Waals surface area contributed by atoms with E-state index in [0.29, 0.717) is 0 Å². The summed E-state index contributed by atoms with van der Waals surface area (Å²) in [5.74, 6) is 0.